The van der Waals surface area contributed by atoms with Crippen LogP contribution in [0.5, 0.6) is 0 Å². The molecule has 0 amide bonds. The zero-order chi connectivity index (χ0) is 38.2. The Morgan fingerprint density at radius 1 is 0.400 bits per heavy atom. The van der Waals surface area contributed by atoms with Gasteiger partial charge in [0.05, 0.1) is 0 Å². The third-order valence-corrected chi connectivity index (χ3v) is 14.6. The summed E-state index contributed by atoms with van der Waals surface area (Å²) in [6, 6.07) is 21.5. The number of unbranched alkanes of at least 4 members (excludes halogenated alkanes) is 18. The molecular formula is C52H66S3. The Hall–Kier alpha value is -2.98. The first-order valence-corrected chi connectivity index (χ1v) is 24.6. The van der Waals surface area contributed by atoms with Crippen molar-refractivity contribution >= 4 is 99.7 Å². The average molecular weight is 787 g/mol. The van der Waals surface area contributed by atoms with E-state index in [2.05, 4.69) is 86.3 Å². The van der Waals surface area contributed by atoms with Crippen LogP contribution < -0.4 is 9.75 Å². The predicted octanol–water partition coefficient (Wildman–Crippen LogP) is 17.1. The molecule has 0 unspecified atom stereocenters. The van der Waals surface area contributed by atoms with E-state index in [0.717, 1.165) is 9.75 Å². The molecule has 0 radical (unpaired) electrons. The number of rotatable bonds is 22. The van der Waals surface area contributed by atoms with Gasteiger partial charge in [0.15, 0.2) is 0 Å². The van der Waals surface area contributed by atoms with Crippen LogP contribution in [0.1, 0.15) is 153 Å². The van der Waals surface area contributed by atoms with E-state index >= 15 is 0 Å². The highest BCUT2D eigenvalue weighted by Gasteiger charge is 2.12. The lowest BCUT2D eigenvalue weighted by molar-refractivity contribution is 0.556. The molecule has 0 fully saturated rings. The zero-order valence-corrected chi connectivity index (χ0v) is 36.6. The molecule has 7 rings (SSSR count). The van der Waals surface area contributed by atoms with E-state index in [1.54, 1.807) is 22.5 Å². The smallest absolute Gasteiger partial charge is 0.0352 e. The lowest BCUT2D eigenvalue weighted by Gasteiger charge is -2.10. The van der Waals surface area contributed by atoms with Gasteiger partial charge >= 0.3 is 0 Å². The normalized spacial score (nSPS) is 11.7. The maximum Gasteiger partial charge on any atom is 0.0352 e. The summed E-state index contributed by atoms with van der Waals surface area (Å²) in [5.74, 6) is 0. The molecule has 3 aromatic heterocycles. The zero-order valence-electron chi connectivity index (χ0n) is 34.1. The van der Waals surface area contributed by atoms with E-state index in [4.69, 9.17) is 0 Å². The van der Waals surface area contributed by atoms with Crippen LogP contribution >= 0.6 is 34.0 Å². The molecule has 0 bridgehead atoms. The summed E-state index contributed by atoms with van der Waals surface area (Å²) in [6.45, 7) is 12.1. The maximum absolute atomic E-state index is 3.74. The summed E-state index contributed by atoms with van der Waals surface area (Å²) in [5.41, 5.74) is 3.12. The Balaban J connectivity index is 0.000000661. The SMILES string of the molecule is C=c1ccsc1=C.CCCCCCCCCCCCc1csc2cc3c(ccc4c5cc6scc(CCCCCCCCCCCC)c6cc5ccc34)cc12. The standard InChI is InChI=1S/C46H60S2.C6H6S/c1-3-5-7-9-11-13-15-17-19-21-23-37-33-47-45-31-41-35(29-43(37)45)25-27-40-39(41)28-26-36-30-44-38(34-48-46(44)32-42(36)40)24-22-20-18-16-14-12-10-8-6-4-2;1-5-3-4-7-6(5)2/h25-34H,3-24H2,1-2H3;3-4H,1-2H2. The van der Waals surface area contributed by atoms with Gasteiger partial charge in [-0.05, 0) is 132 Å². The van der Waals surface area contributed by atoms with Gasteiger partial charge in [0.2, 0.25) is 0 Å². The largest absolute Gasteiger partial charge is 0.144 e. The lowest BCUT2D eigenvalue weighted by Crippen LogP contribution is -2.11. The third kappa shape index (κ3) is 11.6. The molecule has 292 valence electrons. The van der Waals surface area contributed by atoms with E-state index in [9.17, 15) is 0 Å². The Morgan fingerprint density at radius 3 is 1.15 bits per heavy atom. The van der Waals surface area contributed by atoms with Crippen LogP contribution in [-0.2, 0) is 12.8 Å². The fourth-order valence-electron chi connectivity index (χ4n) is 8.38. The van der Waals surface area contributed by atoms with Gasteiger partial charge < -0.3 is 0 Å². The first kappa shape index (κ1) is 41.6. The molecule has 0 saturated carbocycles. The van der Waals surface area contributed by atoms with Crippen molar-refractivity contribution in [3.8, 4) is 0 Å². The molecule has 0 aliphatic carbocycles. The molecule has 0 saturated heterocycles. The molecule has 0 N–H and O–H groups in total. The molecule has 0 aliphatic heterocycles. The number of aryl methyl sites for hydroxylation is 2. The molecule has 3 heteroatoms. The summed E-state index contributed by atoms with van der Waals surface area (Å²) in [7, 11) is 0. The number of hydrogen-bond acceptors (Lipinski definition) is 3. The van der Waals surface area contributed by atoms with Gasteiger partial charge in [-0.25, -0.2) is 0 Å². The van der Waals surface area contributed by atoms with Gasteiger partial charge in [-0.15, -0.1) is 34.0 Å². The summed E-state index contributed by atoms with van der Waals surface area (Å²) < 4.78 is 3.96. The highest BCUT2D eigenvalue weighted by molar-refractivity contribution is 7.17. The van der Waals surface area contributed by atoms with Crippen LogP contribution in [0.15, 0.2) is 70.7 Å². The first-order chi connectivity index (χ1) is 27.1. The molecule has 7 aromatic rings. The van der Waals surface area contributed by atoms with Crippen molar-refractivity contribution in [2.75, 3.05) is 0 Å². The second-order valence-electron chi connectivity index (χ2n) is 16.1. The molecule has 4 aromatic carbocycles. The van der Waals surface area contributed by atoms with Crippen molar-refractivity contribution in [2.24, 2.45) is 0 Å². The molecule has 55 heavy (non-hydrogen) atoms. The average Bonchev–Trinajstić information content (AvgIpc) is 3.91. The minimum absolute atomic E-state index is 1.05. The highest BCUT2D eigenvalue weighted by Crippen LogP contribution is 2.39. The first-order valence-electron chi connectivity index (χ1n) is 22.0. The molecule has 0 aliphatic rings. The molecule has 3 heterocycles. The summed E-state index contributed by atoms with van der Waals surface area (Å²) in [5, 5.41) is 19.3. The summed E-state index contributed by atoms with van der Waals surface area (Å²) in [4.78, 5) is 0. The van der Waals surface area contributed by atoms with Crippen molar-refractivity contribution in [1.82, 2.24) is 0 Å². The second-order valence-corrected chi connectivity index (χ2v) is 18.9. The summed E-state index contributed by atoms with van der Waals surface area (Å²) in [6.07, 6.45) is 30.5. The number of fused-ring (bicyclic) bond motifs is 7. The van der Waals surface area contributed by atoms with Gasteiger partial charge in [-0.2, -0.15) is 0 Å². The Kier molecular flexibility index (Phi) is 16.7. The van der Waals surface area contributed by atoms with E-state index in [1.807, 2.05) is 34.1 Å². The van der Waals surface area contributed by atoms with Gasteiger partial charge in [-0.3, -0.25) is 0 Å². The Bertz CT molecular complexity index is 2150. The highest BCUT2D eigenvalue weighted by atomic mass is 32.1. The van der Waals surface area contributed by atoms with Crippen molar-refractivity contribution in [2.45, 2.75) is 155 Å². The molecule has 0 spiro atoms. The Labute approximate surface area is 344 Å². The molecule has 0 nitrogen and oxygen atoms in total. The van der Waals surface area contributed by atoms with Gasteiger partial charge in [0.1, 0.15) is 0 Å². The van der Waals surface area contributed by atoms with E-state index in [1.165, 1.54) is 194 Å². The second kappa shape index (κ2) is 22.1. The van der Waals surface area contributed by atoms with Crippen LogP contribution in [0.4, 0.5) is 0 Å². The number of thiophene rings is 3. The summed E-state index contributed by atoms with van der Waals surface area (Å²) >= 11 is 5.52. The van der Waals surface area contributed by atoms with Crippen molar-refractivity contribution in [1.29, 1.82) is 0 Å². The van der Waals surface area contributed by atoms with Crippen LogP contribution in [-0.4, -0.2) is 0 Å². The number of hydrogen-bond donors (Lipinski definition) is 0. The molecular weight excluding hydrogens is 721 g/mol. The van der Waals surface area contributed by atoms with Crippen LogP contribution in [0.3, 0.4) is 0 Å². The van der Waals surface area contributed by atoms with Gasteiger partial charge in [-0.1, -0.05) is 167 Å². The minimum Gasteiger partial charge on any atom is -0.144 e. The van der Waals surface area contributed by atoms with Gasteiger partial charge in [0, 0.05) is 13.9 Å². The van der Waals surface area contributed by atoms with Crippen molar-refractivity contribution < 1.29 is 0 Å². The predicted molar refractivity (Wildman–Crippen MR) is 255 cm³/mol. The topological polar surface area (TPSA) is 0 Å². The van der Waals surface area contributed by atoms with Crippen LogP contribution in [0.2, 0.25) is 0 Å². The van der Waals surface area contributed by atoms with Crippen molar-refractivity contribution in [3.63, 3.8) is 0 Å². The van der Waals surface area contributed by atoms with Gasteiger partial charge in [0.25, 0.3) is 0 Å². The molecule has 0 atom stereocenters. The fraction of sp³-hybridized carbons (Fsp3) is 0.462. The van der Waals surface area contributed by atoms with E-state index in [0.29, 0.717) is 0 Å². The minimum atomic E-state index is 1.05. The lowest BCUT2D eigenvalue weighted by atomic mass is 9.94. The van der Waals surface area contributed by atoms with E-state index < -0.39 is 0 Å². The third-order valence-electron chi connectivity index (χ3n) is 11.8. The van der Waals surface area contributed by atoms with Crippen LogP contribution in [0, 0.1) is 0 Å². The van der Waals surface area contributed by atoms with Crippen molar-refractivity contribution in [3.05, 3.63) is 91.6 Å². The number of benzene rings is 4. The quantitative estimate of drug-likeness (QED) is 0.0474. The van der Waals surface area contributed by atoms with Crippen LogP contribution in [0.25, 0.3) is 65.6 Å². The fourth-order valence-corrected chi connectivity index (χ4v) is 11.0. The Morgan fingerprint density at radius 2 is 0.800 bits per heavy atom. The maximum atomic E-state index is 3.74. The van der Waals surface area contributed by atoms with E-state index in [-0.39, 0.29) is 0 Å². The monoisotopic (exact) mass is 786 g/mol.